The molecule has 0 aliphatic heterocycles. The summed E-state index contributed by atoms with van der Waals surface area (Å²) < 4.78 is 20.8. The van der Waals surface area contributed by atoms with Crippen LogP contribution in [0, 0.1) is 5.82 Å². The van der Waals surface area contributed by atoms with Crippen molar-refractivity contribution in [1.29, 1.82) is 0 Å². The number of nitrogens with zero attached hydrogens (tertiary/aromatic N) is 2. The number of hydrogen-bond donors (Lipinski definition) is 0. The Morgan fingerprint density at radius 1 is 1.39 bits per heavy atom. The van der Waals surface area contributed by atoms with Crippen molar-refractivity contribution in [3.05, 3.63) is 47.8 Å². The van der Waals surface area contributed by atoms with Crippen LogP contribution in [0.15, 0.2) is 30.6 Å². The molecule has 0 radical (unpaired) electrons. The predicted octanol–water partition coefficient (Wildman–Crippen LogP) is 3.26. The molecular formula is C14H17FN2O. The molecule has 3 nitrogen and oxygen atoms in total. The zero-order chi connectivity index (χ0) is 13.1. The number of rotatable bonds is 4. The minimum Gasteiger partial charge on any atom is -0.485 e. The van der Waals surface area contributed by atoms with Gasteiger partial charge in [0.25, 0.3) is 0 Å². The molecule has 0 aliphatic rings. The average molecular weight is 248 g/mol. The van der Waals surface area contributed by atoms with E-state index in [1.54, 1.807) is 12.3 Å². The maximum absolute atomic E-state index is 13.3. The van der Waals surface area contributed by atoms with Crippen molar-refractivity contribution in [2.24, 2.45) is 7.05 Å². The molecule has 0 atom stereocenters. The largest absolute Gasteiger partial charge is 0.485 e. The molecule has 96 valence electrons. The third-order valence-electron chi connectivity index (χ3n) is 2.88. The van der Waals surface area contributed by atoms with Gasteiger partial charge in [-0.25, -0.2) is 9.37 Å². The fraction of sp³-hybridized carbons (Fsp3) is 0.357. The van der Waals surface area contributed by atoms with Crippen LogP contribution in [0.3, 0.4) is 0 Å². The Hall–Kier alpha value is -1.84. The first-order valence-corrected chi connectivity index (χ1v) is 5.96. The number of halogens is 1. The number of benzene rings is 1. The van der Waals surface area contributed by atoms with Crippen LogP contribution in [0.4, 0.5) is 4.39 Å². The molecule has 2 aromatic rings. The van der Waals surface area contributed by atoms with E-state index in [9.17, 15) is 4.39 Å². The molecule has 1 heterocycles. The molecule has 0 saturated heterocycles. The van der Waals surface area contributed by atoms with Gasteiger partial charge in [0.1, 0.15) is 24.0 Å². The van der Waals surface area contributed by atoms with Crippen molar-refractivity contribution >= 4 is 0 Å². The number of aryl methyl sites for hydroxylation is 1. The Balaban J connectivity index is 2.18. The molecule has 1 aromatic carbocycles. The van der Waals surface area contributed by atoms with Gasteiger partial charge in [0.15, 0.2) is 0 Å². The fourth-order valence-corrected chi connectivity index (χ4v) is 1.79. The first-order valence-electron chi connectivity index (χ1n) is 5.96. The quantitative estimate of drug-likeness (QED) is 0.830. The van der Waals surface area contributed by atoms with Crippen molar-refractivity contribution < 1.29 is 9.13 Å². The summed E-state index contributed by atoms with van der Waals surface area (Å²) in [5.74, 6) is 1.41. The second kappa shape index (κ2) is 5.21. The molecule has 0 N–H and O–H groups in total. The third-order valence-corrected chi connectivity index (χ3v) is 2.88. The lowest BCUT2D eigenvalue weighted by Gasteiger charge is -2.14. The van der Waals surface area contributed by atoms with E-state index in [0.717, 1.165) is 11.4 Å². The average Bonchev–Trinajstić information content (AvgIpc) is 2.72. The SMILES string of the molecule is CC(C)c1ccc(F)cc1OCc1nccn1C. The Labute approximate surface area is 106 Å². The van der Waals surface area contributed by atoms with E-state index in [4.69, 9.17) is 4.74 Å². The number of imidazole rings is 1. The zero-order valence-electron chi connectivity index (χ0n) is 10.9. The topological polar surface area (TPSA) is 27.1 Å². The maximum Gasteiger partial charge on any atom is 0.146 e. The van der Waals surface area contributed by atoms with Crippen LogP contribution in [0.2, 0.25) is 0 Å². The van der Waals surface area contributed by atoms with Crippen LogP contribution in [-0.2, 0) is 13.7 Å². The van der Waals surface area contributed by atoms with E-state index in [1.807, 2.05) is 17.8 Å². The van der Waals surface area contributed by atoms with Crippen molar-refractivity contribution in [1.82, 2.24) is 9.55 Å². The monoisotopic (exact) mass is 248 g/mol. The molecule has 0 amide bonds. The van der Waals surface area contributed by atoms with Crippen LogP contribution in [0.25, 0.3) is 0 Å². The van der Waals surface area contributed by atoms with E-state index in [1.165, 1.54) is 12.1 Å². The van der Waals surface area contributed by atoms with Crippen LogP contribution in [-0.4, -0.2) is 9.55 Å². The van der Waals surface area contributed by atoms with Gasteiger partial charge in [0.05, 0.1) is 0 Å². The van der Waals surface area contributed by atoms with Crippen LogP contribution in [0.5, 0.6) is 5.75 Å². The van der Waals surface area contributed by atoms with E-state index >= 15 is 0 Å². The smallest absolute Gasteiger partial charge is 0.146 e. The van der Waals surface area contributed by atoms with Crippen molar-refractivity contribution in [3.8, 4) is 5.75 Å². The van der Waals surface area contributed by atoms with E-state index in [0.29, 0.717) is 18.3 Å². The predicted molar refractivity (Wildman–Crippen MR) is 68.0 cm³/mol. The molecular weight excluding hydrogens is 231 g/mol. The van der Waals surface area contributed by atoms with Gasteiger partial charge in [-0.05, 0) is 17.5 Å². The van der Waals surface area contributed by atoms with Crippen molar-refractivity contribution in [2.75, 3.05) is 0 Å². The Morgan fingerprint density at radius 2 is 2.17 bits per heavy atom. The summed E-state index contributed by atoms with van der Waals surface area (Å²) in [6, 6.07) is 4.66. The maximum atomic E-state index is 13.3. The second-order valence-electron chi connectivity index (χ2n) is 4.58. The Bertz CT molecular complexity index is 534. The highest BCUT2D eigenvalue weighted by Gasteiger charge is 2.10. The molecule has 2 rings (SSSR count). The lowest BCUT2D eigenvalue weighted by Crippen LogP contribution is -2.05. The first kappa shape index (κ1) is 12.6. The summed E-state index contributed by atoms with van der Waals surface area (Å²) in [6.45, 7) is 4.45. The lowest BCUT2D eigenvalue weighted by atomic mass is 10.0. The number of hydrogen-bond acceptors (Lipinski definition) is 2. The van der Waals surface area contributed by atoms with E-state index in [2.05, 4.69) is 18.8 Å². The summed E-state index contributed by atoms with van der Waals surface area (Å²) in [5.41, 5.74) is 1.01. The molecule has 0 unspecified atom stereocenters. The first-order chi connectivity index (χ1) is 8.58. The summed E-state index contributed by atoms with van der Waals surface area (Å²) in [7, 11) is 1.90. The van der Waals surface area contributed by atoms with Crippen LogP contribution < -0.4 is 4.74 Å². The Morgan fingerprint density at radius 3 is 2.78 bits per heavy atom. The second-order valence-corrected chi connectivity index (χ2v) is 4.58. The lowest BCUT2D eigenvalue weighted by molar-refractivity contribution is 0.286. The normalized spacial score (nSPS) is 10.9. The zero-order valence-corrected chi connectivity index (χ0v) is 10.9. The molecule has 18 heavy (non-hydrogen) atoms. The highest BCUT2D eigenvalue weighted by Crippen LogP contribution is 2.27. The molecule has 1 aromatic heterocycles. The molecule has 4 heteroatoms. The number of ether oxygens (including phenoxy) is 1. The summed E-state index contributed by atoms with van der Waals surface area (Å²) in [4.78, 5) is 4.17. The van der Waals surface area contributed by atoms with E-state index < -0.39 is 0 Å². The highest BCUT2D eigenvalue weighted by molar-refractivity contribution is 5.36. The molecule has 0 spiro atoms. The van der Waals surface area contributed by atoms with Gasteiger partial charge >= 0.3 is 0 Å². The van der Waals surface area contributed by atoms with E-state index in [-0.39, 0.29) is 5.82 Å². The standard InChI is InChI=1S/C14H17FN2O/c1-10(2)12-5-4-11(15)8-13(12)18-9-14-16-6-7-17(14)3/h4-8,10H,9H2,1-3H3. The fourth-order valence-electron chi connectivity index (χ4n) is 1.79. The third kappa shape index (κ3) is 2.70. The van der Waals surface area contributed by atoms with Gasteiger partial charge in [-0.3, -0.25) is 0 Å². The van der Waals surface area contributed by atoms with Gasteiger partial charge in [-0.2, -0.15) is 0 Å². The van der Waals surface area contributed by atoms with Gasteiger partial charge < -0.3 is 9.30 Å². The van der Waals surface area contributed by atoms with Crippen molar-refractivity contribution in [2.45, 2.75) is 26.4 Å². The highest BCUT2D eigenvalue weighted by atomic mass is 19.1. The minimum atomic E-state index is -0.283. The van der Waals surface area contributed by atoms with Gasteiger partial charge in [-0.1, -0.05) is 19.9 Å². The number of aromatic nitrogens is 2. The van der Waals surface area contributed by atoms with Gasteiger partial charge in [-0.15, -0.1) is 0 Å². The summed E-state index contributed by atoms with van der Waals surface area (Å²) in [6.07, 6.45) is 3.57. The molecule has 0 bridgehead atoms. The molecule has 0 saturated carbocycles. The Kier molecular flexibility index (Phi) is 3.65. The van der Waals surface area contributed by atoms with Crippen LogP contribution in [0.1, 0.15) is 31.2 Å². The van der Waals surface area contributed by atoms with Gasteiger partial charge in [0, 0.05) is 25.5 Å². The van der Waals surface area contributed by atoms with Gasteiger partial charge in [0.2, 0.25) is 0 Å². The summed E-state index contributed by atoms with van der Waals surface area (Å²) >= 11 is 0. The summed E-state index contributed by atoms with van der Waals surface area (Å²) in [5, 5.41) is 0. The molecule has 0 aliphatic carbocycles. The molecule has 0 fully saturated rings. The van der Waals surface area contributed by atoms with Crippen LogP contribution >= 0.6 is 0 Å². The van der Waals surface area contributed by atoms with Crippen molar-refractivity contribution in [3.63, 3.8) is 0 Å². The minimum absolute atomic E-state index is 0.283.